The second-order valence-electron chi connectivity index (χ2n) is 5.72. The van der Waals surface area contributed by atoms with E-state index in [4.69, 9.17) is 16.3 Å². The third kappa shape index (κ3) is 3.50. The predicted molar refractivity (Wildman–Crippen MR) is 83.0 cm³/mol. The summed E-state index contributed by atoms with van der Waals surface area (Å²) in [4.78, 5) is 14.5. The molecule has 1 heterocycles. The van der Waals surface area contributed by atoms with Gasteiger partial charge < -0.3 is 14.7 Å². The molecule has 1 unspecified atom stereocenters. The van der Waals surface area contributed by atoms with Crippen LogP contribution in [-0.4, -0.2) is 42.7 Å². The summed E-state index contributed by atoms with van der Waals surface area (Å²) in [6.07, 6.45) is 2.74. The van der Waals surface area contributed by atoms with Crippen molar-refractivity contribution in [2.75, 3.05) is 26.8 Å². The van der Waals surface area contributed by atoms with Crippen molar-refractivity contribution in [3.63, 3.8) is 0 Å². The molecule has 1 aliphatic heterocycles. The molecule has 5 heteroatoms. The van der Waals surface area contributed by atoms with Gasteiger partial charge >= 0.3 is 0 Å². The van der Waals surface area contributed by atoms with Crippen molar-refractivity contribution in [2.45, 2.75) is 26.2 Å². The number of halogens is 1. The van der Waals surface area contributed by atoms with Crippen LogP contribution in [0.3, 0.4) is 0 Å². The first-order chi connectivity index (χ1) is 10.0. The molecule has 1 aliphatic rings. The van der Waals surface area contributed by atoms with Crippen LogP contribution < -0.4 is 4.74 Å². The number of benzene rings is 1. The third-order valence-corrected chi connectivity index (χ3v) is 4.61. The molecule has 0 aliphatic carbocycles. The van der Waals surface area contributed by atoms with Crippen LogP contribution in [0.1, 0.15) is 36.5 Å². The molecule has 1 saturated heterocycles. The Morgan fingerprint density at radius 2 is 2.24 bits per heavy atom. The second-order valence-corrected chi connectivity index (χ2v) is 6.16. The van der Waals surface area contributed by atoms with Gasteiger partial charge in [-0.1, -0.05) is 18.5 Å². The normalized spacial score (nSPS) is 22.2. The van der Waals surface area contributed by atoms with Crippen molar-refractivity contribution >= 4 is 17.5 Å². The second kappa shape index (κ2) is 6.67. The Balaban J connectivity index is 2.21. The van der Waals surface area contributed by atoms with Crippen molar-refractivity contribution in [3.8, 4) is 5.75 Å². The highest BCUT2D eigenvalue weighted by Crippen LogP contribution is 2.33. The van der Waals surface area contributed by atoms with E-state index < -0.39 is 0 Å². The van der Waals surface area contributed by atoms with E-state index >= 15 is 0 Å². The summed E-state index contributed by atoms with van der Waals surface area (Å²) < 4.78 is 5.16. The minimum atomic E-state index is -0.170. The van der Waals surface area contributed by atoms with Gasteiger partial charge in [-0.25, -0.2) is 0 Å². The van der Waals surface area contributed by atoms with Gasteiger partial charge in [0.1, 0.15) is 5.75 Å². The first kappa shape index (κ1) is 16.1. The van der Waals surface area contributed by atoms with E-state index in [1.807, 2.05) is 4.90 Å². The van der Waals surface area contributed by atoms with Crippen LogP contribution in [0.5, 0.6) is 5.75 Å². The van der Waals surface area contributed by atoms with Crippen molar-refractivity contribution in [1.29, 1.82) is 0 Å². The molecule has 2 rings (SSSR count). The zero-order chi connectivity index (χ0) is 15.5. The van der Waals surface area contributed by atoms with Gasteiger partial charge in [-0.2, -0.15) is 0 Å². The van der Waals surface area contributed by atoms with E-state index in [1.165, 1.54) is 0 Å². The lowest BCUT2D eigenvalue weighted by molar-refractivity contribution is 0.0251. The molecule has 1 aromatic carbocycles. The molecular formula is C16H22ClNO3. The van der Waals surface area contributed by atoms with Crippen LogP contribution in [0.15, 0.2) is 18.2 Å². The van der Waals surface area contributed by atoms with Gasteiger partial charge in [0.15, 0.2) is 0 Å². The van der Waals surface area contributed by atoms with Crippen molar-refractivity contribution < 1.29 is 14.6 Å². The molecule has 1 amide bonds. The minimum absolute atomic E-state index is 0.0539. The predicted octanol–water partition coefficient (Wildman–Crippen LogP) is 2.97. The van der Waals surface area contributed by atoms with E-state index in [0.717, 1.165) is 25.8 Å². The Morgan fingerprint density at radius 1 is 1.48 bits per heavy atom. The Kier molecular flexibility index (Phi) is 5.12. The smallest absolute Gasteiger partial charge is 0.254 e. The van der Waals surface area contributed by atoms with Crippen LogP contribution in [0, 0.1) is 5.41 Å². The van der Waals surface area contributed by atoms with E-state index in [2.05, 4.69) is 6.92 Å². The summed E-state index contributed by atoms with van der Waals surface area (Å²) in [5, 5.41) is 10.1. The number of ether oxygens (including phenoxy) is 1. The van der Waals surface area contributed by atoms with Crippen molar-refractivity contribution in [2.24, 2.45) is 5.41 Å². The number of hydrogen-bond donors (Lipinski definition) is 1. The number of carbonyl (C=O) groups excluding carboxylic acids is 1. The summed E-state index contributed by atoms with van der Waals surface area (Å²) >= 11 is 6.03. The van der Waals surface area contributed by atoms with Gasteiger partial charge in [0, 0.05) is 29.1 Å². The monoisotopic (exact) mass is 311 g/mol. The van der Waals surface area contributed by atoms with Gasteiger partial charge in [-0.05, 0) is 37.5 Å². The fourth-order valence-corrected chi connectivity index (χ4v) is 3.12. The molecule has 0 bridgehead atoms. The summed E-state index contributed by atoms with van der Waals surface area (Å²) in [6, 6.07) is 5.04. The number of methoxy groups -OCH3 is 1. The highest BCUT2D eigenvalue weighted by atomic mass is 35.5. The molecule has 116 valence electrons. The first-order valence-corrected chi connectivity index (χ1v) is 7.66. The molecule has 0 spiro atoms. The van der Waals surface area contributed by atoms with Crippen LogP contribution in [0.2, 0.25) is 5.02 Å². The van der Waals surface area contributed by atoms with E-state index in [1.54, 1.807) is 25.3 Å². The van der Waals surface area contributed by atoms with Crippen LogP contribution in [-0.2, 0) is 0 Å². The molecule has 1 aromatic rings. The molecule has 21 heavy (non-hydrogen) atoms. The zero-order valence-electron chi connectivity index (χ0n) is 12.6. The number of carbonyl (C=O) groups is 1. The molecule has 0 aromatic heterocycles. The lowest BCUT2D eigenvalue weighted by atomic mass is 9.78. The standard InChI is InChI=1S/C16H22ClNO3/c1-3-16(11-19)5-4-6-18(10-16)15(20)12-7-13(17)9-14(8-12)21-2/h7-9,19H,3-6,10-11H2,1-2H3. The number of nitrogens with zero attached hydrogens (tertiary/aromatic N) is 1. The Labute approximate surface area is 130 Å². The number of likely N-dealkylation sites (tertiary alicyclic amines) is 1. The van der Waals surface area contributed by atoms with E-state index in [0.29, 0.717) is 22.9 Å². The maximum absolute atomic E-state index is 12.7. The molecular weight excluding hydrogens is 290 g/mol. The van der Waals surface area contributed by atoms with Gasteiger partial charge in [0.05, 0.1) is 13.7 Å². The third-order valence-electron chi connectivity index (χ3n) is 4.39. The number of piperidine rings is 1. The summed E-state index contributed by atoms with van der Waals surface area (Å²) in [7, 11) is 1.55. The maximum Gasteiger partial charge on any atom is 0.254 e. The lowest BCUT2D eigenvalue weighted by Crippen LogP contribution is -2.47. The fourth-order valence-electron chi connectivity index (χ4n) is 2.90. The molecule has 1 N–H and O–H groups in total. The number of aliphatic hydroxyl groups is 1. The van der Waals surface area contributed by atoms with Crippen LogP contribution in [0.25, 0.3) is 0 Å². The lowest BCUT2D eigenvalue weighted by Gasteiger charge is -2.41. The fraction of sp³-hybridized carbons (Fsp3) is 0.562. The maximum atomic E-state index is 12.7. The number of aliphatic hydroxyl groups excluding tert-OH is 1. The molecule has 4 nitrogen and oxygen atoms in total. The Bertz CT molecular complexity index is 514. The quantitative estimate of drug-likeness (QED) is 0.930. The summed E-state index contributed by atoms with van der Waals surface area (Å²) in [5.41, 5.74) is 0.362. The number of hydrogen-bond acceptors (Lipinski definition) is 3. The van der Waals surface area contributed by atoms with Gasteiger partial charge in [-0.15, -0.1) is 0 Å². The van der Waals surface area contributed by atoms with E-state index in [9.17, 15) is 9.90 Å². The van der Waals surface area contributed by atoms with Gasteiger partial charge in [0.2, 0.25) is 0 Å². The van der Waals surface area contributed by atoms with Gasteiger partial charge in [0.25, 0.3) is 5.91 Å². The largest absolute Gasteiger partial charge is 0.497 e. The Hall–Kier alpha value is -1.26. The van der Waals surface area contributed by atoms with Crippen LogP contribution >= 0.6 is 11.6 Å². The molecule has 0 saturated carbocycles. The highest BCUT2D eigenvalue weighted by molar-refractivity contribution is 6.31. The highest BCUT2D eigenvalue weighted by Gasteiger charge is 2.35. The number of amides is 1. The Morgan fingerprint density at radius 3 is 2.86 bits per heavy atom. The first-order valence-electron chi connectivity index (χ1n) is 7.28. The zero-order valence-corrected chi connectivity index (χ0v) is 13.3. The topological polar surface area (TPSA) is 49.8 Å². The summed E-state index contributed by atoms with van der Waals surface area (Å²) in [6.45, 7) is 3.49. The average Bonchev–Trinajstić information content (AvgIpc) is 2.53. The molecule has 1 fully saturated rings. The van der Waals surface area contributed by atoms with Crippen LogP contribution in [0.4, 0.5) is 0 Å². The van der Waals surface area contributed by atoms with Crippen molar-refractivity contribution in [1.82, 2.24) is 4.90 Å². The summed E-state index contributed by atoms with van der Waals surface area (Å²) in [5.74, 6) is 0.522. The SMILES string of the molecule is CCC1(CO)CCCN(C(=O)c2cc(Cl)cc(OC)c2)C1. The van der Waals surface area contributed by atoms with Gasteiger partial charge in [-0.3, -0.25) is 4.79 Å². The van der Waals surface area contributed by atoms with E-state index in [-0.39, 0.29) is 17.9 Å². The number of rotatable bonds is 4. The van der Waals surface area contributed by atoms with Crippen molar-refractivity contribution in [3.05, 3.63) is 28.8 Å². The molecule has 0 radical (unpaired) electrons. The molecule has 1 atom stereocenters. The minimum Gasteiger partial charge on any atom is -0.497 e. The average molecular weight is 312 g/mol.